The second-order valence-electron chi connectivity index (χ2n) is 6.84. The average Bonchev–Trinajstić information content (AvgIpc) is 3.14. The number of rotatable bonds is 7. The van der Waals surface area contributed by atoms with Gasteiger partial charge in [0.05, 0.1) is 0 Å². The van der Waals surface area contributed by atoms with E-state index in [1.54, 1.807) is 18.2 Å². The third-order valence-electron chi connectivity index (χ3n) is 4.41. The van der Waals surface area contributed by atoms with Crippen LogP contribution >= 0.6 is 11.3 Å². The number of aryl methyl sites for hydroxylation is 1. The van der Waals surface area contributed by atoms with E-state index in [0.29, 0.717) is 24.6 Å². The second kappa shape index (κ2) is 8.33. The van der Waals surface area contributed by atoms with Crippen LogP contribution in [0.5, 0.6) is 11.5 Å². The van der Waals surface area contributed by atoms with Crippen molar-refractivity contribution in [3.05, 3.63) is 78.6 Å². The number of pyridine rings is 1. The van der Waals surface area contributed by atoms with Gasteiger partial charge in [-0.2, -0.15) is 8.42 Å². The highest BCUT2D eigenvalue weighted by Crippen LogP contribution is 2.32. The van der Waals surface area contributed by atoms with Gasteiger partial charge in [-0.25, -0.2) is 4.57 Å². The lowest BCUT2D eigenvalue weighted by atomic mass is 10.2. The molecule has 0 spiro atoms. The minimum atomic E-state index is -3.93. The SMILES string of the molecule is Cc1cc(OCC[n+]2ccc(N)cc2)cc(OS(=O)(=O)c2cc3ccccc3s2)c1. The van der Waals surface area contributed by atoms with E-state index in [0.717, 1.165) is 15.6 Å². The molecular formula is C22H21N2O4S2+. The summed E-state index contributed by atoms with van der Waals surface area (Å²) in [6.07, 6.45) is 3.75. The Balaban J connectivity index is 1.47. The Bertz CT molecular complexity index is 1250. The fourth-order valence-electron chi connectivity index (χ4n) is 2.98. The molecule has 2 aromatic carbocycles. The molecule has 4 aromatic rings. The van der Waals surface area contributed by atoms with Gasteiger partial charge < -0.3 is 14.7 Å². The van der Waals surface area contributed by atoms with Gasteiger partial charge in [0, 0.05) is 28.6 Å². The van der Waals surface area contributed by atoms with Crippen LogP contribution in [0.25, 0.3) is 10.1 Å². The Morgan fingerprint density at radius 2 is 1.73 bits per heavy atom. The smallest absolute Gasteiger partial charge is 0.348 e. The van der Waals surface area contributed by atoms with Crippen LogP contribution in [-0.4, -0.2) is 15.0 Å². The minimum Gasteiger partial charge on any atom is -0.487 e. The summed E-state index contributed by atoms with van der Waals surface area (Å²) >= 11 is 1.19. The van der Waals surface area contributed by atoms with Crippen LogP contribution in [0.3, 0.4) is 0 Å². The number of nitrogens with zero attached hydrogens (tertiary/aromatic N) is 1. The van der Waals surface area contributed by atoms with E-state index < -0.39 is 10.1 Å². The zero-order chi connectivity index (χ0) is 21.1. The minimum absolute atomic E-state index is 0.174. The Morgan fingerprint density at radius 3 is 2.50 bits per heavy atom. The van der Waals surface area contributed by atoms with Crippen molar-refractivity contribution in [1.82, 2.24) is 0 Å². The molecule has 30 heavy (non-hydrogen) atoms. The maximum atomic E-state index is 12.8. The molecule has 0 amide bonds. The van der Waals surface area contributed by atoms with Crippen molar-refractivity contribution in [2.75, 3.05) is 12.3 Å². The Hall–Kier alpha value is -3.10. The van der Waals surface area contributed by atoms with Crippen molar-refractivity contribution in [3.8, 4) is 11.5 Å². The van der Waals surface area contributed by atoms with E-state index in [1.165, 1.54) is 11.3 Å². The molecule has 0 bridgehead atoms. The van der Waals surface area contributed by atoms with Crippen molar-refractivity contribution in [1.29, 1.82) is 0 Å². The third kappa shape index (κ3) is 4.72. The highest BCUT2D eigenvalue weighted by Gasteiger charge is 2.20. The van der Waals surface area contributed by atoms with Crippen molar-refractivity contribution in [2.24, 2.45) is 0 Å². The molecule has 0 aliphatic carbocycles. The number of hydrogen-bond acceptors (Lipinski definition) is 6. The molecule has 0 saturated heterocycles. The first-order valence-corrected chi connectivity index (χ1v) is 11.5. The number of thiophene rings is 1. The molecule has 2 heterocycles. The summed E-state index contributed by atoms with van der Waals surface area (Å²) < 4.78 is 39.7. The molecule has 0 aliphatic rings. The maximum Gasteiger partial charge on any atom is 0.348 e. The molecule has 8 heteroatoms. The van der Waals surface area contributed by atoms with Gasteiger partial charge in [0.15, 0.2) is 23.1 Å². The van der Waals surface area contributed by atoms with Crippen LogP contribution in [0.1, 0.15) is 5.56 Å². The van der Waals surface area contributed by atoms with E-state index in [9.17, 15) is 8.42 Å². The van der Waals surface area contributed by atoms with E-state index in [2.05, 4.69) is 0 Å². The predicted molar refractivity (Wildman–Crippen MR) is 117 cm³/mol. The number of fused-ring (bicyclic) bond motifs is 1. The first kappa shape index (κ1) is 20.2. The summed E-state index contributed by atoms with van der Waals surface area (Å²) in [6, 6.07) is 17.9. The van der Waals surface area contributed by atoms with Crippen LogP contribution in [0.15, 0.2) is 77.3 Å². The van der Waals surface area contributed by atoms with Crippen LogP contribution in [-0.2, 0) is 16.7 Å². The summed E-state index contributed by atoms with van der Waals surface area (Å²) in [4.78, 5) is 0. The standard InChI is InChI=1S/C22H20N2O4S2/c1-16-12-19(27-11-10-24-8-6-18(23)7-9-24)15-20(13-16)28-30(25,26)22-14-17-4-2-3-5-21(17)29-22/h2-9,12-15,23H,10-11H2,1H3/p+1. The van der Waals surface area contributed by atoms with Gasteiger partial charge >= 0.3 is 10.1 Å². The quantitative estimate of drug-likeness (QED) is 0.347. The number of hydrogen-bond donors (Lipinski definition) is 1. The number of anilines is 1. The number of nitrogens with two attached hydrogens (primary N) is 1. The summed E-state index contributed by atoms with van der Waals surface area (Å²) in [5.41, 5.74) is 7.23. The van der Waals surface area contributed by atoms with E-state index in [1.807, 2.05) is 66.3 Å². The lowest BCUT2D eigenvalue weighted by Gasteiger charge is -2.10. The van der Waals surface area contributed by atoms with E-state index in [4.69, 9.17) is 14.7 Å². The van der Waals surface area contributed by atoms with Gasteiger partial charge in [-0.15, -0.1) is 11.3 Å². The number of nitrogen functional groups attached to an aromatic ring is 1. The van der Waals surface area contributed by atoms with Gasteiger partial charge in [-0.3, -0.25) is 0 Å². The fraction of sp³-hybridized carbons (Fsp3) is 0.136. The first-order valence-electron chi connectivity index (χ1n) is 9.31. The molecule has 2 N–H and O–H groups in total. The third-order valence-corrected chi connectivity index (χ3v) is 7.21. The lowest BCUT2D eigenvalue weighted by molar-refractivity contribution is -0.697. The molecule has 0 unspecified atom stereocenters. The number of aromatic nitrogens is 1. The predicted octanol–water partition coefficient (Wildman–Crippen LogP) is 3.93. The summed E-state index contributed by atoms with van der Waals surface area (Å²) in [5, 5.41) is 0.873. The highest BCUT2D eigenvalue weighted by atomic mass is 32.3. The number of ether oxygens (including phenoxy) is 1. The summed E-state index contributed by atoms with van der Waals surface area (Å²) in [6.45, 7) is 2.91. The Labute approximate surface area is 179 Å². The van der Waals surface area contributed by atoms with E-state index in [-0.39, 0.29) is 9.96 Å². The summed E-state index contributed by atoms with van der Waals surface area (Å²) in [5.74, 6) is 0.773. The molecule has 0 atom stereocenters. The first-order chi connectivity index (χ1) is 14.4. The van der Waals surface area contributed by atoms with Gasteiger partial charge in [-0.1, -0.05) is 18.2 Å². The maximum absolute atomic E-state index is 12.8. The Morgan fingerprint density at radius 1 is 1.00 bits per heavy atom. The van der Waals surface area contributed by atoms with Crippen molar-refractivity contribution < 1.29 is 21.9 Å². The Kier molecular flexibility index (Phi) is 5.61. The molecule has 0 saturated carbocycles. The van der Waals surface area contributed by atoms with Crippen LogP contribution in [0, 0.1) is 6.92 Å². The van der Waals surface area contributed by atoms with Gasteiger partial charge in [0.25, 0.3) is 0 Å². The summed E-state index contributed by atoms with van der Waals surface area (Å²) in [7, 11) is -3.93. The van der Waals surface area contributed by atoms with Crippen LogP contribution in [0.2, 0.25) is 0 Å². The molecule has 4 rings (SSSR count). The normalized spacial score (nSPS) is 11.5. The zero-order valence-electron chi connectivity index (χ0n) is 16.3. The highest BCUT2D eigenvalue weighted by molar-refractivity contribution is 7.89. The molecule has 154 valence electrons. The molecular weight excluding hydrogens is 420 g/mol. The van der Waals surface area contributed by atoms with E-state index >= 15 is 0 Å². The second-order valence-corrected chi connectivity index (χ2v) is 9.70. The van der Waals surface area contributed by atoms with Crippen LogP contribution in [0.4, 0.5) is 5.69 Å². The van der Waals surface area contributed by atoms with Gasteiger partial charge in [0.1, 0.15) is 18.1 Å². The zero-order valence-corrected chi connectivity index (χ0v) is 17.9. The molecule has 0 radical (unpaired) electrons. The molecule has 0 aliphatic heterocycles. The monoisotopic (exact) mass is 441 g/mol. The van der Waals surface area contributed by atoms with Gasteiger partial charge in [0.2, 0.25) is 0 Å². The van der Waals surface area contributed by atoms with Crippen molar-refractivity contribution in [3.63, 3.8) is 0 Å². The molecule has 0 fully saturated rings. The van der Waals surface area contributed by atoms with Gasteiger partial charge in [-0.05, 0) is 42.1 Å². The molecule has 6 nitrogen and oxygen atoms in total. The van der Waals surface area contributed by atoms with Crippen molar-refractivity contribution in [2.45, 2.75) is 17.7 Å². The fourth-order valence-corrected chi connectivity index (χ4v) is 5.26. The average molecular weight is 442 g/mol. The molecule has 2 aromatic heterocycles. The number of benzene rings is 2. The van der Waals surface area contributed by atoms with Crippen LogP contribution < -0.4 is 19.2 Å². The van der Waals surface area contributed by atoms with Crippen molar-refractivity contribution >= 4 is 37.2 Å². The topological polar surface area (TPSA) is 82.5 Å². The lowest BCUT2D eigenvalue weighted by Crippen LogP contribution is -2.35. The largest absolute Gasteiger partial charge is 0.487 e.